The van der Waals surface area contributed by atoms with Crippen LogP contribution in [0.5, 0.6) is 0 Å². The summed E-state index contributed by atoms with van der Waals surface area (Å²) in [6.07, 6.45) is 9.38. The molecule has 8 nitrogen and oxygen atoms in total. The zero-order chi connectivity index (χ0) is 19.4. The minimum Gasteiger partial charge on any atom is -0.369 e. The predicted octanol–water partition coefficient (Wildman–Crippen LogP) is 2.44. The third-order valence-corrected chi connectivity index (χ3v) is 5.59. The average Bonchev–Trinajstić information content (AvgIpc) is 3.14. The molecule has 1 aromatic carbocycles. The van der Waals surface area contributed by atoms with Crippen LogP contribution in [0.4, 0.5) is 0 Å². The van der Waals surface area contributed by atoms with E-state index in [1.807, 2.05) is 16.9 Å². The number of aromatic nitrogens is 3. The van der Waals surface area contributed by atoms with Crippen LogP contribution in [0.15, 0.2) is 46.5 Å². The van der Waals surface area contributed by atoms with Crippen molar-refractivity contribution in [2.24, 2.45) is 21.5 Å². The number of hydrogen-bond donors (Lipinski definition) is 2. The Hall–Kier alpha value is -2.61. The van der Waals surface area contributed by atoms with E-state index >= 15 is 0 Å². The van der Waals surface area contributed by atoms with Crippen LogP contribution in [0.1, 0.15) is 49.8 Å². The van der Waals surface area contributed by atoms with Gasteiger partial charge < -0.3 is 16.4 Å². The molecule has 0 bridgehead atoms. The first-order valence-electron chi connectivity index (χ1n) is 10.0. The van der Waals surface area contributed by atoms with Gasteiger partial charge in [-0.05, 0) is 44.1 Å². The van der Waals surface area contributed by atoms with Crippen molar-refractivity contribution in [3.63, 3.8) is 0 Å². The van der Waals surface area contributed by atoms with E-state index in [0.29, 0.717) is 12.5 Å². The fourth-order valence-corrected chi connectivity index (χ4v) is 4.19. The summed E-state index contributed by atoms with van der Waals surface area (Å²) in [5, 5.41) is 8.63. The largest absolute Gasteiger partial charge is 0.369 e. The zero-order valence-electron chi connectivity index (χ0n) is 16.6. The average molecular weight is 417 g/mol. The highest BCUT2D eigenvalue weighted by Crippen LogP contribution is 2.37. The smallest absolute Gasteiger partial charge is 0.220 e. The SMILES string of the molecule is Cl.NC1=NC2(CCCCC2)N(Cc2cn(CCCc3ccccc3)nn2)C(N)=N1. The molecule has 1 fully saturated rings. The topological polar surface area (TPSA) is 111 Å². The molecule has 4 rings (SSSR count). The second kappa shape index (κ2) is 9.26. The Morgan fingerprint density at radius 1 is 1.03 bits per heavy atom. The molecule has 2 aliphatic rings. The van der Waals surface area contributed by atoms with Gasteiger partial charge in [0, 0.05) is 6.54 Å². The van der Waals surface area contributed by atoms with Crippen molar-refractivity contribution >= 4 is 24.3 Å². The van der Waals surface area contributed by atoms with Gasteiger partial charge in [0.1, 0.15) is 11.4 Å². The predicted molar refractivity (Wildman–Crippen MR) is 117 cm³/mol. The van der Waals surface area contributed by atoms with Crippen molar-refractivity contribution in [3.05, 3.63) is 47.8 Å². The number of nitrogens with zero attached hydrogens (tertiary/aromatic N) is 6. The maximum Gasteiger partial charge on any atom is 0.220 e. The molecule has 2 heterocycles. The fourth-order valence-electron chi connectivity index (χ4n) is 4.19. The Morgan fingerprint density at radius 2 is 1.79 bits per heavy atom. The molecule has 1 saturated carbocycles. The van der Waals surface area contributed by atoms with Gasteiger partial charge >= 0.3 is 0 Å². The van der Waals surface area contributed by atoms with Crippen LogP contribution < -0.4 is 11.5 Å². The van der Waals surface area contributed by atoms with E-state index in [1.54, 1.807) is 0 Å². The summed E-state index contributed by atoms with van der Waals surface area (Å²) < 4.78 is 1.90. The summed E-state index contributed by atoms with van der Waals surface area (Å²) in [6.45, 7) is 1.38. The standard InChI is InChI=1S/C20H28N8.ClH/c21-18-23-19(22)28(20(24-18)11-5-2-6-12-20)15-17-14-27(26-25-17)13-7-10-16-8-3-1-4-9-16;/h1,3-4,8-9,14H,2,5-7,10-13,15H2,(H4,21,22,23,24);1H. The van der Waals surface area contributed by atoms with E-state index in [9.17, 15) is 0 Å². The molecule has 1 aromatic heterocycles. The van der Waals surface area contributed by atoms with Gasteiger partial charge in [0.25, 0.3) is 0 Å². The number of halogens is 1. The molecule has 1 aliphatic carbocycles. The summed E-state index contributed by atoms with van der Waals surface area (Å²) in [6, 6.07) is 10.5. The molecular formula is C20H29ClN8. The molecule has 0 saturated heterocycles. The summed E-state index contributed by atoms with van der Waals surface area (Å²) in [7, 11) is 0. The first-order chi connectivity index (χ1) is 13.6. The molecule has 156 valence electrons. The van der Waals surface area contributed by atoms with Crippen molar-refractivity contribution in [2.45, 2.75) is 63.7 Å². The number of aryl methyl sites for hydroxylation is 2. The van der Waals surface area contributed by atoms with E-state index in [2.05, 4.69) is 49.5 Å². The highest BCUT2D eigenvalue weighted by Gasteiger charge is 2.41. The Labute approximate surface area is 177 Å². The van der Waals surface area contributed by atoms with Crippen molar-refractivity contribution in [1.29, 1.82) is 0 Å². The second-order valence-electron chi connectivity index (χ2n) is 7.63. The fraction of sp³-hybridized carbons (Fsp3) is 0.500. The molecule has 29 heavy (non-hydrogen) atoms. The quantitative estimate of drug-likeness (QED) is 0.751. The van der Waals surface area contributed by atoms with Crippen molar-refractivity contribution in [2.75, 3.05) is 0 Å². The Kier molecular flexibility index (Phi) is 6.74. The highest BCUT2D eigenvalue weighted by atomic mass is 35.5. The molecule has 2 aromatic rings. The van der Waals surface area contributed by atoms with Gasteiger partial charge in [-0.3, -0.25) is 4.68 Å². The molecule has 1 aliphatic heterocycles. The van der Waals surface area contributed by atoms with Crippen LogP contribution in [-0.2, 0) is 19.5 Å². The molecule has 0 radical (unpaired) electrons. The molecule has 1 spiro atoms. The van der Waals surface area contributed by atoms with Gasteiger partial charge in [-0.1, -0.05) is 42.0 Å². The lowest BCUT2D eigenvalue weighted by Crippen LogP contribution is -2.57. The molecular weight excluding hydrogens is 388 g/mol. The van der Waals surface area contributed by atoms with E-state index < -0.39 is 0 Å². The lowest BCUT2D eigenvalue weighted by Gasteiger charge is -2.45. The summed E-state index contributed by atoms with van der Waals surface area (Å²) in [5.41, 5.74) is 14.0. The van der Waals surface area contributed by atoms with Crippen LogP contribution in [0.3, 0.4) is 0 Å². The zero-order valence-corrected chi connectivity index (χ0v) is 17.4. The molecule has 9 heteroatoms. The van der Waals surface area contributed by atoms with Crippen molar-refractivity contribution in [3.8, 4) is 0 Å². The van der Waals surface area contributed by atoms with E-state index in [1.165, 1.54) is 12.0 Å². The number of guanidine groups is 2. The van der Waals surface area contributed by atoms with Crippen LogP contribution in [0, 0.1) is 0 Å². The van der Waals surface area contributed by atoms with Crippen LogP contribution in [0.2, 0.25) is 0 Å². The minimum absolute atomic E-state index is 0. The number of nitrogens with two attached hydrogens (primary N) is 2. The maximum absolute atomic E-state index is 6.23. The third kappa shape index (κ3) is 4.87. The molecule has 0 atom stereocenters. The van der Waals surface area contributed by atoms with Gasteiger partial charge in [-0.25, -0.2) is 4.99 Å². The first-order valence-corrected chi connectivity index (χ1v) is 10.0. The maximum atomic E-state index is 6.23. The number of rotatable bonds is 6. The highest BCUT2D eigenvalue weighted by molar-refractivity contribution is 5.95. The van der Waals surface area contributed by atoms with Crippen LogP contribution >= 0.6 is 12.4 Å². The van der Waals surface area contributed by atoms with Gasteiger partial charge in [0.05, 0.1) is 12.7 Å². The van der Waals surface area contributed by atoms with Crippen molar-refractivity contribution < 1.29 is 0 Å². The monoisotopic (exact) mass is 416 g/mol. The Balaban J connectivity index is 0.00000240. The molecule has 4 N–H and O–H groups in total. The number of aliphatic imine (C=N–C) groups is 2. The second-order valence-corrected chi connectivity index (χ2v) is 7.63. The lowest BCUT2D eigenvalue weighted by molar-refractivity contribution is 0.113. The van der Waals surface area contributed by atoms with Gasteiger partial charge in [-0.2, -0.15) is 4.99 Å². The summed E-state index contributed by atoms with van der Waals surface area (Å²) >= 11 is 0. The van der Waals surface area contributed by atoms with Gasteiger partial charge in [0.2, 0.25) is 11.9 Å². The minimum atomic E-state index is -0.384. The van der Waals surface area contributed by atoms with E-state index in [0.717, 1.165) is 50.8 Å². The lowest BCUT2D eigenvalue weighted by atomic mass is 9.87. The third-order valence-electron chi connectivity index (χ3n) is 5.59. The van der Waals surface area contributed by atoms with Gasteiger partial charge in [0.15, 0.2) is 0 Å². The van der Waals surface area contributed by atoms with Crippen LogP contribution in [-0.4, -0.2) is 37.5 Å². The number of hydrogen-bond acceptors (Lipinski definition) is 7. The molecule has 0 unspecified atom stereocenters. The van der Waals surface area contributed by atoms with Gasteiger partial charge in [-0.15, -0.1) is 17.5 Å². The van der Waals surface area contributed by atoms with E-state index in [4.69, 9.17) is 11.5 Å². The Morgan fingerprint density at radius 3 is 2.55 bits per heavy atom. The number of benzene rings is 1. The summed E-state index contributed by atoms with van der Waals surface area (Å²) in [5.74, 6) is 0.702. The van der Waals surface area contributed by atoms with Crippen LogP contribution in [0.25, 0.3) is 0 Å². The van der Waals surface area contributed by atoms with E-state index in [-0.39, 0.29) is 24.0 Å². The Bertz CT molecular complexity index is 854. The van der Waals surface area contributed by atoms with Crippen molar-refractivity contribution in [1.82, 2.24) is 19.9 Å². The first kappa shape index (κ1) is 21.1. The normalized spacial score (nSPS) is 18.1. The molecule has 0 amide bonds. The summed E-state index contributed by atoms with van der Waals surface area (Å²) in [4.78, 5) is 10.9.